The van der Waals surface area contributed by atoms with Crippen molar-refractivity contribution in [1.82, 2.24) is 4.98 Å². The summed E-state index contributed by atoms with van der Waals surface area (Å²) >= 11 is 0. The minimum Gasteiger partial charge on any atom is -0.351 e. The fourth-order valence-electron chi connectivity index (χ4n) is 2.62. The van der Waals surface area contributed by atoms with E-state index < -0.39 is 0 Å². The van der Waals surface area contributed by atoms with Crippen LogP contribution in [0.25, 0.3) is 10.9 Å². The van der Waals surface area contributed by atoms with Gasteiger partial charge in [0.05, 0.1) is 0 Å². The number of rotatable bonds is 3. The van der Waals surface area contributed by atoms with E-state index in [9.17, 15) is 4.79 Å². The Hall–Kier alpha value is -2.55. The van der Waals surface area contributed by atoms with Gasteiger partial charge in [-0.05, 0) is 37.6 Å². The summed E-state index contributed by atoms with van der Waals surface area (Å²) in [6.45, 7) is 4.66. The Balaban J connectivity index is 2.01. The van der Waals surface area contributed by atoms with E-state index in [2.05, 4.69) is 4.98 Å². The summed E-state index contributed by atoms with van der Waals surface area (Å²) in [5.41, 5.74) is 3.68. The van der Waals surface area contributed by atoms with Gasteiger partial charge in [-0.15, -0.1) is 0 Å². The van der Waals surface area contributed by atoms with Crippen molar-refractivity contribution < 1.29 is 4.79 Å². The number of anilines is 1. The summed E-state index contributed by atoms with van der Waals surface area (Å²) in [5.74, 6) is 0.00278. The van der Waals surface area contributed by atoms with Crippen molar-refractivity contribution in [3.63, 3.8) is 0 Å². The predicted molar refractivity (Wildman–Crippen MR) is 86.8 cm³/mol. The topological polar surface area (TPSA) is 36.1 Å². The second-order valence-electron chi connectivity index (χ2n) is 5.11. The Kier molecular flexibility index (Phi) is 3.48. The van der Waals surface area contributed by atoms with Crippen molar-refractivity contribution in [2.45, 2.75) is 13.8 Å². The third-order valence-corrected chi connectivity index (χ3v) is 3.73. The second-order valence-corrected chi connectivity index (χ2v) is 5.11. The fourth-order valence-corrected chi connectivity index (χ4v) is 2.62. The van der Waals surface area contributed by atoms with Gasteiger partial charge in [0.25, 0.3) is 5.91 Å². The Bertz CT molecular complexity index is 756. The van der Waals surface area contributed by atoms with E-state index in [4.69, 9.17) is 0 Å². The molecule has 0 spiro atoms. The molecule has 0 aliphatic heterocycles. The number of benzene rings is 2. The van der Waals surface area contributed by atoms with Gasteiger partial charge in [0, 0.05) is 23.1 Å². The molecule has 0 radical (unpaired) electrons. The van der Waals surface area contributed by atoms with E-state index >= 15 is 0 Å². The molecule has 0 saturated heterocycles. The first-order valence-corrected chi connectivity index (χ1v) is 7.16. The van der Waals surface area contributed by atoms with Crippen molar-refractivity contribution in [2.75, 3.05) is 11.4 Å². The Morgan fingerprint density at radius 2 is 1.81 bits per heavy atom. The molecule has 3 heteroatoms. The smallest absolute Gasteiger partial charge is 0.274 e. The normalized spacial score (nSPS) is 10.8. The van der Waals surface area contributed by atoms with Gasteiger partial charge in [-0.3, -0.25) is 4.79 Å². The van der Waals surface area contributed by atoms with Gasteiger partial charge in [0.15, 0.2) is 0 Å². The number of H-pyrrole nitrogens is 1. The average Bonchev–Trinajstić information content (AvgIpc) is 2.93. The fraction of sp³-hybridized carbons (Fsp3) is 0.167. The molecule has 1 heterocycles. The number of fused-ring (bicyclic) bond motifs is 1. The van der Waals surface area contributed by atoms with Gasteiger partial charge in [0.1, 0.15) is 5.69 Å². The highest BCUT2D eigenvalue weighted by atomic mass is 16.2. The summed E-state index contributed by atoms with van der Waals surface area (Å²) in [5, 5.41) is 1.06. The molecule has 3 nitrogen and oxygen atoms in total. The zero-order valence-electron chi connectivity index (χ0n) is 12.3. The second kappa shape index (κ2) is 5.44. The van der Waals surface area contributed by atoms with Crippen LogP contribution in [0, 0.1) is 6.92 Å². The molecule has 3 aromatic rings. The Morgan fingerprint density at radius 3 is 2.52 bits per heavy atom. The number of para-hydroxylation sites is 2. The lowest BCUT2D eigenvalue weighted by Gasteiger charge is -2.22. The molecule has 0 atom stereocenters. The largest absolute Gasteiger partial charge is 0.351 e. The van der Waals surface area contributed by atoms with Gasteiger partial charge in [-0.1, -0.05) is 36.4 Å². The van der Waals surface area contributed by atoms with Crippen LogP contribution < -0.4 is 4.90 Å². The van der Waals surface area contributed by atoms with Gasteiger partial charge in [0.2, 0.25) is 0 Å². The molecule has 0 aliphatic carbocycles. The molecule has 1 aromatic heterocycles. The summed E-state index contributed by atoms with van der Waals surface area (Å²) < 4.78 is 0. The predicted octanol–water partition coefficient (Wildman–Crippen LogP) is 4.14. The van der Waals surface area contributed by atoms with Crippen LogP contribution >= 0.6 is 0 Å². The number of amides is 1. The van der Waals surface area contributed by atoms with Crippen LogP contribution in [-0.2, 0) is 0 Å². The van der Waals surface area contributed by atoms with E-state index in [1.165, 1.54) is 0 Å². The number of hydrogen-bond donors (Lipinski definition) is 1. The molecule has 0 aliphatic rings. The molecule has 106 valence electrons. The highest BCUT2D eigenvalue weighted by molar-refractivity contribution is 6.07. The minimum atomic E-state index is 0.00278. The van der Waals surface area contributed by atoms with Crippen LogP contribution in [0.3, 0.4) is 0 Å². The van der Waals surface area contributed by atoms with Gasteiger partial charge >= 0.3 is 0 Å². The van der Waals surface area contributed by atoms with Crippen LogP contribution in [0.5, 0.6) is 0 Å². The van der Waals surface area contributed by atoms with E-state index in [0.29, 0.717) is 12.2 Å². The van der Waals surface area contributed by atoms with Gasteiger partial charge < -0.3 is 9.88 Å². The molecular formula is C18H18N2O. The molecule has 0 unspecified atom stereocenters. The summed E-state index contributed by atoms with van der Waals surface area (Å²) in [6.07, 6.45) is 0. The number of nitrogens with one attached hydrogen (secondary N) is 1. The van der Waals surface area contributed by atoms with Crippen LogP contribution in [-0.4, -0.2) is 17.4 Å². The number of aromatic amines is 1. The Labute approximate surface area is 124 Å². The zero-order valence-corrected chi connectivity index (χ0v) is 12.3. The average molecular weight is 278 g/mol. The van der Waals surface area contributed by atoms with Gasteiger partial charge in [-0.2, -0.15) is 0 Å². The maximum absolute atomic E-state index is 12.8. The lowest BCUT2D eigenvalue weighted by atomic mass is 10.1. The number of carbonyl (C=O) groups is 1. The molecule has 0 fully saturated rings. The first kappa shape index (κ1) is 13.4. The lowest BCUT2D eigenvalue weighted by Crippen LogP contribution is -2.31. The van der Waals surface area contributed by atoms with Crippen LogP contribution in [0.15, 0.2) is 54.6 Å². The summed E-state index contributed by atoms with van der Waals surface area (Å²) in [6, 6.07) is 17.8. The summed E-state index contributed by atoms with van der Waals surface area (Å²) in [4.78, 5) is 17.8. The number of carbonyl (C=O) groups excluding carboxylic acids is 1. The van der Waals surface area contributed by atoms with Crippen LogP contribution in [0.4, 0.5) is 5.69 Å². The first-order valence-electron chi connectivity index (χ1n) is 7.16. The standard InChI is InChI=1S/C18H18N2O/c1-3-20(17-11-7-4-8-13(17)2)18(21)16-12-14-9-5-6-10-15(14)19-16/h4-12,19H,3H2,1-2H3. The third-order valence-electron chi connectivity index (χ3n) is 3.73. The molecular weight excluding hydrogens is 260 g/mol. The maximum atomic E-state index is 12.8. The molecule has 0 bridgehead atoms. The van der Waals surface area contributed by atoms with Crippen LogP contribution in [0.1, 0.15) is 23.0 Å². The molecule has 21 heavy (non-hydrogen) atoms. The molecule has 2 aromatic carbocycles. The monoisotopic (exact) mass is 278 g/mol. The van der Waals surface area contributed by atoms with E-state index in [1.54, 1.807) is 4.90 Å². The lowest BCUT2D eigenvalue weighted by molar-refractivity contribution is 0.0984. The summed E-state index contributed by atoms with van der Waals surface area (Å²) in [7, 11) is 0. The number of aromatic nitrogens is 1. The minimum absolute atomic E-state index is 0.00278. The Morgan fingerprint density at radius 1 is 1.10 bits per heavy atom. The van der Waals surface area contributed by atoms with Gasteiger partial charge in [-0.25, -0.2) is 0 Å². The number of hydrogen-bond acceptors (Lipinski definition) is 1. The molecule has 1 N–H and O–H groups in total. The third kappa shape index (κ3) is 2.42. The highest BCUT2D eigenvalue weighted by Crippen LogP contribution is 2.23. The van der Waals surface area contributed by atoms with Crippen molar-refractivity contribution in [2.24, 2.45) is 0 Å². The molecule has 0 saturated carbocycles. The number of nitrogens with zero attached hydrogens (tertiary/aromatic N) is 1. The van der Waals surface area contributed by atoms with E-state index in [1.807, 2.05) is 68.4 Å². The molecule has 1 amide bonds. The first-order chi connectivity index (χ1) is 10.2. The van der Waals surface area contributed by atoms with E-state index in [0.717, 1.165) is 22.2 Å². The molecule has 3 rings (SSSR count). The maximum Gasteiger partial charge on any atom is 0.274 e. The van der Waals surface area contributed by atoms with Crippen molar-refractivity contribution >= 4 is 22.5 Å². The number of aryl methyl sites for hydroxylation is 1. The highest BCUT2D eigenvalue weighted by Gasteiger charge is 2.19. The SMILES string of the molecule is CCN(C(=O)c1cc2ccccc2[nH]1)c1ccccc1C. The zero-order chi connectivity index (χ0) is 14.8. The van der Waals surface area contributed by atoms with Crippen molar-refractivity contribution in [1.29, 1.82) is 0 Å². The quantitative estimate of drug-likeness (QED) is 0.768. The van der Waals surface area contributed by atoms with Crippen molar-refractivity contribution in [3.05, 3.63) is 65.9 Å². The van der Waals surface area contributed by atoms with E-state index in [-0.39, 0.29) is 5.91 Å². The van der Waals surface area contributed by atoms with Crippen molar-refractivity contribution in [3.8, 4) is 0 Å². The van der Waals surface area contributed by atoms with Crippen LogP contribution in [0.2, 0.25) is 0 Å².